The van der Waals surface area contributed by atoms with Gasteiger partial charge in [-0.25, -0.2) is 9.59 Å². The van der Waals surface area contributed by atoms with Crippen LogP contribution in [0.25, 0.3) is 0 Å². The molecule has 2 aliphatic rings. The Morgan fingerprint density at radius 2 is 1.95 bits per heavy atom. The number of carbonyl (C=O) groups is 2. The van der Waals surface area contributed by atoms with E-state index in [4.69, 9.17) is 0 Å². The van der Waals surface area contributed by atoms with Gasteiger partial charge in [0.25, 0.3) is 0 Å². The molecule has 2 unspecified atom stereocenters. The predicted octanol–water partition coefficient (Wildman–Crippen LogP) is 1.02. The first-order valence-corrected chi connectivity index (χ1v) is 7.46. The molecule has 0 aromatic carbocycles. The third-order valence-electron chi connectivity index (χ3n) is 4.32. The van der Waals surface area contributed by atoms with Crippen LogP contribution in [0.1, 0.15) is 39.5 Å². The molecule has 6 nitrogen and oxygen atoms in total. The minimum absolute atomic E-state index is 0.0188. The molecule has 6 heteroatoms. The number of nitrogens with one attached hydrogen (secondary N) is 2. The van der Waals surface area contributed by atoms with E-state index in [2.05, 4.69) is 15.5 Å². The average Bonchev–Trinajstić information content (AvgIpc) is 3.09. The summed E-state index contributed by atoms with van der Waals surface area (Å²) in [6.07, 6.45) is 4.17. The fourth-order valence-corrected chi connectivity index (χ4v) is 2.88. The zero-order chi connectivity index (χ0) is 14.8. The minimum atomic E-state index is -1.14. The van der Waals surface area contributed by atoms with Gasteiger partial charge in [0.15, 0.2) is 0 Å². The van der Waals surface area contributed by atoms with Crippen LogP contribution in [-0.2, 0) is 4.79 Å². The number of likely N-dealkylation sites (tertiary alicyclic amines) is 1. The van der Waals surface area contributed by atoms with Crippen LogP contribution in [0.3, 0.4) is 0 Å². The molecule has 114 valence electrons. The van der Waals surface area contributed by atoms with Gasteiger partial charge in [0.1, 0.15) is 5.54 Å². The second-order valence-electron chi connectivity index (χ2n) is 6.29. The second-order valence-corrected chi connectivity index (χ2v) is 6.29. The number of carbonyl (C=O) groups excluding carboxylic acids is 1. The molecule has 1 heterocycles. The fraction of sp³-hybridized carbons (Fsp3) is 0.857. The van der Waals surface area contributed by atoms with E-state index >= 15 is 0 Å². The summed E-state index contributed by atoms with van der Waals surface area (Å²) in [4.78, 5) is 25.6. The lowest BCUT2D eigenvalue weighted by Crippen LogP contribution is -2.58. The van der Waals surface area contributed by atoms with Crippen molar-refractivity contribution in [2.45, 2.75) is 51.1 Å². The molecule has 1 aliphatic carbocycles. The Kier molecular flexibility index (Phi) is 4.52. The molecule has 2 atom stereocenters. The molecule has 0 radical (unpaired) electrons. The molecule has 0 spiro atoms. The Bertz CT molecular complexity index is 378. The first kappa shape index (κ1) is 15.1. The standard InChI is InChI=1S/C14H25N3O3/c1-10(9-17-7-3-4-8-17)15-13(20)16-14(2,12(18)19)11-5-6-11/h10-11H,3-9H2,1-2H3,(H,18,19)(H2,15,16,20). The van der Waals surface area contributed by atoms with Crippen LogP contribution in [0.5, 0.6) is 0 Å². The smallest absolute Gasteiger partial charge is 0.329 e. The molecular weight excluding hydrogens is 258 g/mol. The van der Waals surface area contributed by atoms with Crippen molar-refractivity contribution in [2.24, 2.45) is 5.92 Å². The van der Waals surface area contributed by atoms with Gasteiger partial charge >= 0.3 is 12.0 Å². The van der Waals surface area contributed by atoms with Gasteiger partial charge in [-0.05, 0) is 58.5 Å². The largest absolute Gasteiger partial charge is 0.480 e. The predicted molar refractivity (Wildman–Crippen MR) is 75.6 cm³/mol. The van der Waals surface area contributed by atoms with Crippen LogP contribution in [0, 0.1) is 5.92 Å². The molecular formula is C14H25N3O3. The third-order valence-corrected chi connectivity index (χ3v) is 4.32. The van der Waals surface area contributed by atoms with E-state index in [1.54, 1.807) is 6.92 Å². The van der Waals surface area contributed by atoms with Crippen molar-refractivity contribution >= 4 is 12.0 Å². The van der Waals surface area contributed by atoms with Gasteiger partial charge < -0.3 is 20.6 Å². The molecule has 0 aromatic heterocycles. The lowest BCUT2D eigenvalue weighted by atomic mass is 9.96. The van der Waals surface area contributed by atoms with Crippen molar-refractivity contribution in [3.63, 3.8) is 0 Å². The minimum Gasteiger partial charge on any atom is -0.480 e. The number of rotatable bonds is 6. The quantitative estimate of drug-likeness (QED) is 0.680. The summed E-state index contributed by atoms with van der Waals surface area (Å²) in [6, 6.07) is -0.362. The Labute approximate surface area is 119 Å². The topological polar surface area (TPSA) is 81.7 Å². The molecule has 1 saturated carbocycles. The van der Waals surface area contributed by atoms with Gasteiger partial charge in [0, 0.05) is 12.6 Å². The number of carboxylic acid groups (broad SMARTS) is 1. The van der Waals surface area contributed by atoms with Crippen LogP contribution < -0.4 is 10.6 Å². The van der Waals surface area contributed by atoms with Gasteiger partial charge in [-0.2, -0.15) is 0 Å². The monoisotopic (exact) mass is 283 g/mol. The van der Waals surface area contributed by atoms with E-state index < -0.39 is 11.5 Å². The zero-order valence-corrected chi connectivity index (χ0v) is 12.3. The maximum absolute atomic E-state index is 12.0. The summed E-state index contributed by atoms with van der Waals surface area (Å²) in [5.41, 5.74) is -1.14. The highest BCUT2D eigenvalue weighted by Crippen LogP contribution is 2.39. The normalized spacial score (nSPS) is 23.9. The lowest BCUT2D eigenvalue weighted by molar-refractivity contribution is -0.144. The lowest BCUT2D eigenvalue weighted by Gasteiger charge is -2.28. The highest BCUT2D eigenvalue weighted by atomic mass is 16.4. The number of urea groups is 1. The summed E-state index contributed by atoms with van der Waals surface area (Å²) in [5, 5.41) is 14.8. The molecule has 3 N–H and O–H groups in total. The maximum Gasteiger partial charge on any atom is 0.329 e. The molecule has 0 bridgehead atoms. The van der Waals surface area contributed by atoms with Gasteiger partial charge in [-0.1, -0.05) is 0 Å². The first-order valence-electron chi connectivity index (χ1n) is 7.46. The molecule has 2 amide bonds. The van der Waals surface area contributed by atoms with Crippen LogP contribution in [0.15, 0.2) is 0 Å². The molecule has 2 fully saturated rings. The Hall–Kier alpha value is -1.30. The number of nitrogens with zero attached hydrogens (tertiary/aromatic N) is 1. The molecule has 1 saturated heterocycles. The van der Waals surface area contributed by atoms with Crippen molar-refractivity contribution in [2.75, 3.05) is 19.6 Å². The van der Waals surface area contributed by atoms with Crippen molar-refractivity contribution in [1.29, 1.82) is 0 Å². The molecule has 20 heavy (non-hydrogen) atoms. The van der Waals surface area contributed by atoms with Gasteiger partial charge in [-0.3, -0.25) is 0 Å². The van der Waals surface area contributed by atoms with E-state index in [-0.39, 0.29) is 18.0 Å². The van der Waals surface area contributed by atoms with E-state index in [0.717, 1.165) is 32.5 Å². The summed E-state index contributed by atoms with van der Waals surface area (Å²) >= 11 is 0. The van der Waals surface area contributed by atoms with Crippen molar-refractivity contribution in [3.05, 3.63) is 0 Å². The molecule has 1 aliphatic heterocycles. The average molecular weight is 283 g/mol. The van der Waals surface area contributed by atoms with Crippen molar-refractivity contribution < 1.29 is 14.7 Å². The number of amides is 2. The van der Waals surface area contributed by atoms with Gasteiger partial charge in [0.2, 0.25) is 0 Å². The summed E-state index contributed by atoms with van der Waals surface area (Å²) in [7, 11) is 0. The van der Waals surface area contributed by atoms with E-state index in [0.29, 0.717) is 0 Å². The summed E-state index contributed by atoms with van der Waals surface area (Å²) in [6.45, 7) is 6.54. The Morgan fingerprint density at radius 1 is 1.35 bits per heavy atom. The van der Waals surface area contributed by atoms with E-state index in [9.17, 15) is 14.7 Å². The van der Waals surface area contributed by atoms with Gasteiger partial charge in [-0.15, -0.1) is 0 Å². The molecule has 2 rings (SSSR count). The Balaban J connectivity index is 1.80. The number of hydrogen-bond acceptors (Lipinski definition) is 3. The van der Waals surface area contributed by atoms with Crippen LogP contribution in [-0.4, -0.2) is 53.2 Å². The van der Waals surface area contributed by atoms with Crippen molar-refractivity contribution in [3.8, 4) is 0 Å². The number of carboxylic acids is 1. The third kappa shape index (κ3) is 3.62. The van der Waals surface area contributed by atoms with Crippen LogP contribution >= 0.6 is 0 Å². The van der Waals surface area contributed by atoms with Crippen LogP contribution in [0.4, 0.5) is 4.79 Å². The highest BCUT2D eigenvalue weighted by molar-refractivity contribution is 5.86. The number of hydrogen-bond donors (Lipinski definition) is 3. The maximum atomic E-state index is 12.0. The van der Waals surface area contributed by atoms with Crippen LogP contribution in [0.2, 0.25) is 0 Å². The first-order chi connectivity index (χ1) is 9.41. The fourth-order valence-electron chi connectivity index (χ4n) is 2.88. The van der Waals surface area contributed by atoms with E-state index in [1.807, 2.05) is 6.92 Å². The SMILES string of the molecule is CC(CN1CCCC1)NC(=O)NC(C)(C(=O)O)C1CC1. The number of aliphatic carboxylic acids is 1. The zero-order valence-electron chi connectivity index (χ0n) is 12.3. The summed E-state index contributed by atoms with van der Waals surface area (Å²) < 4.78 is 0. The highest BCUT2D eigenvalue weighted by Gasteiger charge is 2.48. The van der Waals surface area contributed by atoms with Gasteiger partial charge in [0.05, 0.1) is 0 Å². The van der Waals surface area contributed by atoms with E-state index in [1.165, 1.54) is 12.8 Å². The second kappa shape index (κ2) is 5.99. The van der Waals surface area contributed by atoms with Crippen molar-refractivity contribution in [1.82, 2.24) is 15.5 Å². The Morgan fingerprint density at radius 3 is 2.45 bits per heavy atom. The summed E-state index contributed by atoms with van der Waals surface area (Å²) in [5.74, 6) is -0.901. The molecule has 0 aromatic rings.